The van der Waals surface area contributed by atoms with E-state index in [1.54, 1.807) is 36.7 Å². The van der Waals surface area contributed by atoms with Gasteiger partial charge in [-0.15, -0.1) is 0 Å². The zero-order chi connectivity index (χ0) is 24.6. The van der Waals surface area contributed by atoms with E-state index in [1.807, 2.05) is 11.9 Å². The summed E-state index contributed by atoms with van der Waals surface area (Å²) in [5, 5.41) is 13.8. The van der Waals surface area contributed by atoms with Crippen molar-refractivity contribution in [2.75, 3.05) is 25.5 Å². The molecule has 13 heteroatoms. The van der Waals surface area contributed by atoms with Crippen LogP contribution in [0.1, 0.15) is 12.3 Å². The van der Waals surface area contributed by atoms with Crippen LogP contribution in [0.15, 0.2) is 46.2 Å². The lowest BCUT2D eigenvalue weighted by Crippen LogP contribution is -2.39. The van der Waals surface area contributed by atoms with Crippen LogP contribution in [0.25, 0.3) is 22.4 Å². The summed E-state index contributed by atoms with van der Waals surface area (Å²) in [5.41, 5.74) is 1.90. The minimum Gasteiger partial charge on any atom is -0.374 e. The van der Waals surface area contributed by atoms with Crippen LogP contribution in [0.4, 0.5) is 28.9 Å². The first-order valence-electron chi connectivity index (χ1n) is 10.9. The first-order valence-corrected chi connectivity index (χ1v) is 10.9. The molecule has 1 saturated heterocycles. The second kappa shape index (κ2) is 9.13. The fraction of sp³-hybridized carbons (Fsp3) is 0.364. The molecule has 9 nitrogen and oxygen atoms in total. The number of nitrogens with one attached hydrogen (secondary N) is 2. The van der Waals surface area contributed by atoms with Crippen LogP contribution in [0.2, 0.25) is 0 Å². The molecule has 0 bridgehead atoms. The Kier molecular flexibility index (Phi) is 6.01. The highest BCUT2D eigenvalue weighted by Gasteiger charge is 2.31. The van der Waals surface area contributed by atoms with Gasteiger partial charge in [0.15, 0.2) is 6.17 Å². The fourth-order valence-corrected chi connectivity index (χ4v) is 4.07. The SMILES string of the molecule is CN1CCC(=Nc2cccc3c2cc(-c2noc(CNc4cn[nH]c4)n2)n3CC(F)(F)F)[C@@H](F)C1. The maximum absolute atomic E-state index is 14.6. The Morgan fingerprint density at radius 3 is 2.91 bits per heavy atom. The molecule has 1 atom stereocenters. The summed E-state index contributed by atoms with van der Waals surface area (Å²) in [6.45, 7) is -0.196. The van der Waals surface area contributed by atoms with Crippen molar-refractivity contribution in [2.45, 2.75) is 31.9 Å². The number of piperidine rings is 1. The van der Waals surface area contributed by atoms with Gasteiger partial charge >= 0.3 is 6.18 Å². The van der Waals surface area contributed by atoms with E-state index in [0.717, 1.165) is 4.57 Å². The summed E-state index contributed by atoms with van der Waals surface area (Å²) >= 11 is 0. The second-order valence-electron chi connectivity index (χ2n) is 8.38. The first kappa shape index (κ1) is 23.0. The third-order valence-corrected chi connectivity index (χ3v) is 5.75. The molecule has 0 aliphatic carbocycles. The van der Waals surface area contributed by atoms with Crippen molar-refractivity contribution in [2.24, 2.45) is 4.99 Å². The van der Waals surface area contributed by atoms with E-state index in [9.17, 15) is 17.6 Å². The van der Waals surface area contributed by atoms with Crippen molar-refractivity contribution < 1.29 is 22.1 Å². The molecule has 1 aromatic carbocycles. The third-order valence-electron chi connectivity index (χ3n) is 5.75. The fourth-order valence-electron chi connectivity index (χ4n) is 4.07. The quantitative estimate of drug-likeness (QED) is 0.390. The number of anilines is 1. The molecule has 0 spiro atoms. The number of aromatic nitrogens is 5. The number of alkyl halides is 4. The van der Waals surface area contributed by atoms with Crippen LogP contribution >= 0.6 is 0 Å². The Labute approximate surface area is 196 Å². The van der Waals surface area contributed by atoms with Gasteiger partial charge in [-0.05, 0) is 25.2 Å². The van der Waals surface area contributed by atoms with Crippen LogP contribution in [0.3, 0.4) is 0 Å². The largest absolute Gasteiger partial charge is 0.406 e. The number of rotatable bonds is 6. The molecule has 0 amide bonds. The van der Waals surface area contributed by atoms with E-state index in [2.05, 4.69) is 30.6 Å². The molecule has 184 valence electrons. The van der Waals surface area contributed by atoms with Gasteiger partial charge in [0.1, 0.15) is 6.54 Å². The summed E-state index contributed by atoms with van der Waals surface area (Å²) in [6, 6.07) is 6.38. The van der Waals surface area contributed by atoms with E-state index >= 15 is 0 Å². The molecule has 2 N–H and O–H groups in total. The lowest BCUT2D eigenvalue weighted by Gasteiger charge is -2.26. The number of hydrogen-bond acceptors (Lipinski definition) is 7. The van der Waals surface area contributed by atoms with E-state index in [0.29, 0.717) is 41.0 Å². The average molecular weight is 490 g/mol. The predicted octanol–water partition coefficient (Wildman–Crippen LogP) is 4.33. The Bertz CT molecular complexity index is 1340. The number of nitrogens with zero attached hydrogens (tertiary/aromatic N) is 6. The van der Waals surface area contributed by atoms with Crippen molar-refractivity contribution in [1.29, 1.82) is 0 Å². The van der Waals surface area contributed by atoms with Crippen molar-refractivity contribution in [1.82, 2.24) is 29.8 Å². The number of aliphatic imine (C=N–C) groups is 1. The second-order valence-corrected chi connectivity index (χ2v) is 8.38. The van der Waals surface area contributed by atoms with Gasteiger partial charge in [-0.25, -0.2) is 4.39 Å². The number of benzene rings is 1. The maximum Gasteiger partial charge on any atom is 0.406 e. The third kappa shape index (κ3) is 5.04. The summed E-state index contributed by atoms with van der Waals surface area (Å²) in [5.74, 6) is 0.202. The van der Waals surface area contributed by atoms with Crippen molar-refractivity contribution in [3.8, 4) is 11.5 Å². The predicted molar refractivity (Wildman–Crippen MR) is 121 cm³/mol. The molecule has 35 heavy (non-hydrogen) atoms. The maximum atomic E-state index is 14.6. The molecule has 0 radical (unpaired) electrons. The normalized spacial score (nSPS) is 18.5. The van der Waals surface area contributed by atoms with Crippen molar-refractivity contribution in [3.63, 3.8) is 0 Å². The summed E-state index contributed by atoms with van der Waals surface area (Å²) in [7, 11) is 1.83. The van der Waals surface area contributed by atoms with Crippen molar-refractivity contribution in [3.05, 3.63) is 42.5 Å². The lowest BCUT2D eigenvalue weighted by atomic mass is 10.1. The van der Waals surface area contributed by atoms with E-state index in [1.165, 1.54) is 0 Å². The molecule has 5 rings (SSSR count). The minimum absolute atomic E-state index is 0.00991. The van der Waals surface area contributed by atoms with Crippen LogP contribution in [-0.4, -0.2) is 68.0 Å². The van der Waals surface area contributed by atoms with Gasteiger partial charge in [-0.1, -0.05) is 11.2 Å². The Morgan fingerprint density at radius 2 is 2.17 bits per heavy atom. The Morgan fingerprint density at radius 1 is 1.31 bits per heavy atom. The van der Waals surface area contributed by atoms with Gasteiger partial charge in [0.2, 0.25) is 11.7 Å². The number of likely N-dealkylation sites (tertiary alicyclic amines) is 1. The molecule has 3 aromatic heterocycles. The number of aromatic amines is 1. The average Bonchev–Trinajstić information content (AvgIpc) is 3.54. The zero-order valence-corrected chi connectivity index (χ0v) is 18.7. The van der Waals surface area contributed by atoms with Crippen LogP contribution in [0, 0.1) is 0 Å². The zero-order valence-electron chi connectivity index (χ0n) is 18.7. The number of hydrogen-bond donors (Lipinski definition) is 2. The monoisotopic (exact) mass is 490 g/mol. The molecule has 4 aromatic rings. The highest BCUT2D eigenvalue weighted by atomic mass is 19.4. The standard InChI is InChI=1S/C22H22F4N8O/c1-33-6-5-17(15(23)11-33)30-16-3-2-4-18-14(16)7-19(34(18)12-22(24,25)26)21-31-20(35-32-21)10-27-13-8-28-29-9-13/h2-4,7-9,15,27H,5-6,10-12H2,1H3,(H,28,29)/t15-/m0/s1. The number of halogens is 4. The Balaban J connectivity index is 1.53. The molecular weight excluding hydrogens is 468 g/mol. The van der Waals surface area contributed by atoms with Gasteiger partial charge in [-0.2, -0.15) is 23.3 Å². The summed E-state index contributed by atoms with van der Waals surface area (Å²) < 4.78 is 61.4. The van der Waals surface area contributed by atoms with Gasteiger partial charge in [-0.3, -0.25) is 10.1 Å². The van der Waals surface area contributed by atoms with Gasteiger partial charge in [0.05, 0.1) is 41.0 Å². The molecule has 4 heterocycles. The highest BCUT2D eigenvalue weighted by Crippen LogP contribution is 2.35. The molecule has 0 saturated carbocycles. The van der Waals surface area contributed by atoms with Gasteiger partial charge in [0.25, 0.3) is 0 Å². The lowest BCUT2D eigenvalue weighted by molar-refractivity contribution is -0.139. The first-order chi connectivity index (χ1) is 16.8. The van der Waals surface area contributed by atoms with E-state index in [4.69, 9.17) is 4.52 Å². The van der Waals surface area contributed by atoms with Crippen molar-refractivity contribution >= 4 is 28.0 Å². The highest BCUT2D eigenvalue weighted by molar-refractivity contribution is 5.99. The Hall–Kier alpha value is -3.74. The van der Waals surface area contributed by atoms with Crippen LogP contribution < -0.4 is 5.32 Å². The molecule has 1 aliphatic rings. The van der Waals surface area contributed by atoms with E-state index in [-0.39, 0.29) is 30.5 Å². The van der Waals surface area contributed by atoms with Crippen LogP contribution in [0.5, 0.6) is 0 Å². The van der Waals surface area contributed by atoms with Gasteiger partial charge < -0.3 is 19.3 Å². The smallest absolute Gasteiger partial charge is 0.374 e. The topological polar surface area (TPSA) is 100 Å². The number of H-pyrrole nitrogens is 1. The minimum atomic E-state index is -4.49. The van der Waals surface area contributed by atoms with Gasteiger partial charge in [0, 0.05) is 31.1 Å². The van der Waals surface area contributed by atoms with Crippen LogP contribution in [-0.2, 0) is 13.1 Å². The molecule has 0 unspecified atom stereocenters. The molecular formula is C22H22F4N8O. The number of fused-ring (bicyclic) bond motifs is 1. The summed E-state index contributed by atoms with van der Waals surface area (Å²) in [4.78, 5) is 10.7. The molecule has 1 aliphatic heterocycles. The molecule has 1 fully saturated rings. The van der Waals surface area contributed by atoms with E-state index < -0.39 is 18.9 Å². The summed E-state index contributed by atoms with van der Waals surface area (Å²) in [6.07, 6.45) is -2.08.